The minimum Gasteiger partial charge on any atom is -0.445 e. The first-order valence-electron chi connectivity index (χ1n) is 12.2. The third-order valence-electron chi connectivity index (χ3n) is 5.26. The van der Waals surface area contributed by atoms with Crippen LogP contribution in [0.2, 0.25) is 0 Å². The number of nitrogens with zero attached hydrogens (tertiary/aromatic N) is 2. The molecule has 3 N–H and O–H groups in total. The summed E-state index contributed by atoms with van der Waals surface area (Å²) in [6, 6.07) is 5.83. The van der Waals surface area contributed by atoms with Crippen molar-refractivity contribution in [2.75, 3.05) is 14.2 Å². The van der Waals surface area contributed by atoms with Crippen LogP contribution in [0.5, 0.6) is 0 Å². The van der Waals surface area contributed by atoms with Crippen molar-refractivity contribution in [3.63, 3.8) is 0 Å². The highest BCUT2D eigenvalue weighted by molar-refractivity contribution is 7.83. The van der Waals surface area contributed by atoms with Crippen molar-refractivity contribution in [1.82, 2.24) is 14.7 Å². The van der Waals surface area contributed by atoms with Gasteiger partial charge in [-0.15, -0.1) is 11.3 Å². The van der Waals surface area contributed by atoms with Crippen molar-refractivity contribution in [3.05, 3.63) is 41.9 Å². The molecule has 0 saturated heterocycles. The van der Waals surface area contributed by atoms with Crippen LogP contribution in [0.3, 0.4) is 0 Å². The Morgan fingerprint density at radius 3 is 2.39 bits per heavy atom. The standard InChI is InChI=1S/C19H21N3O2S2.C4H10O.C2H6.CH3NO/c1-20-26(23)17-11-14(18-21-9-10-24-18)7-8-15(17)16-12-22-19(25-16)13-5-3-2-4-6-13;1-4(2)5-3;1-2;2-1-3/h7-13,20H,2-6H2,1H3;4H,1-3H3;1-2H3;1H,(H2,2,3). The number of carbonyl (C=O) groups is 1. The van der Waals surface area contributed by atoms with Crippen molar-refractivity contribution in [2.24, 2.45) is 5.73 Å². The molecular weight excluding hydrogens is 496 g/mol. The first kappa shape index (κ1) is 31.6. The van der Waals surface area contributed by atoms with Crippen LogP contribution in [0.15, 0.2) is 46.2 Å². The summed E-state index contributed by atoms with van der Waals surface area (Å²) in [4.78, 5) is 19.2. The number of benzene rings is 1. The summed E-state index contributed by atoms with van der Waals surface area (Å²) in [7, 11) is 2.08. The van der Waals surface area contributed by atoms with Gasteiger partial charge in [0.25, 0.3) is 0 Å². The number of ether oxygens (including phenoxy) is 1. The first-order valence-corrected chi connectivity index (χ1v) is 14.2. The summed E-state index contributed by atoms with van der Waals surface area (Å²) in [6.07, 6.45) is 12.1. The fraction of sp³-hybridized carbons (Fsp3) is 0.500. The minimum absolute atomic E-state index is 0.250. The number of nitrogens with one attached hydrogen (secondary N) is 1. The van der Waals surface area contributed by atoms with E-state index in [4.69, 9.17) is 13.9 Å². The van der Waals surface area contributed by atoms with Crippen LogP contribution >= 0.6 is 11.3 Å². The average molecular weight is 537 g/mol. The van der Waals surface area contributed by atoms with E-state index >= 15 is 0 Å². The Labute approximate surface area is 221 Å². The quantitative estimate of drug-likeness (QED) is 0.377. The van der Waals surface area contributed by atoms with E-state index in [0.717, 1.165) is 20.9 Å². The van der Waals surface area contributed by atoms with E-state index in [1.807, 2.05) is 52.1 Å². The predicted molar refractivity (Wildman–Crippen MR) is 148 cm³/mol. The smallest absolute Gasteiger partial charge is 0.225 e. The van der Waals surface area contributed by atoms with Gasteiger partial charge in [0.1, 0.15) is 17.2 Å². The molecule has 200 valence electrons. The maximum atomic E-state index is 12.6. The molecule has 0 radical (unpaired) electrons. The zero-order valence-electron chi connectivity index (χ0n) is 22.2. The molecule has 0 spiro atoms. The van der Waals surface area contributed by atoms with Crippen LogP contribution in [0, 0.1) is 0 Å². The van der Waals surface area contributed by atoms with E-state index in [1.165, 1.54) is 43.4 Å². The van der Waals surface area contributed by atoms with Gasteiger partial charge in [-0.2, -0.15) is 0 Å². The summed E-state index contributed by atoms with van der Waals surface area (Å²) < 4.78 is 25.5. The second kappa shape index (κ2) is 17.9. The van der Waals surface area contributed by atoms with Gasteiger partial charge in [0.15, 0.2) is 0 Å². The van der Waals surface area contributed by atoms with E-state index in [1.54, 1.807) is 31.7 Å². The SMILES string of the molecule is CC.CNS(=O)c1cc(-c2ncco2)ccc1-c1cnc(C2CCCCC2)s1.COC(C)C.NC=O. The Bertz CT molecular complexity index is 1020. The third kappa shape index (κ3) is 9.93. The van der Waals surface area contributed by atoms with Crippen LogP contribution in [0.4, 0.5) is 0 Å². The van der Waals surface area contributed by atoms with Gasteiger partial charge >= 0.3 is 0 Å². The molecule has 36 heavy (non-hydrogen) atoms. The van der Waals surface area contributed by atoms with Crippen LogP contribution in [-0.4, -0.2) is 40.8 Å². The van der Waals surface area contributed by atoms with Gasteiger partial charge in [0.05, 0.1) is 27.1 Å². The van der Waals surface area contributed by atoms with Crippen molar-refractivity contribution in [3.8, 4) is 21.9 Å². The first-order chi connectivity index (χ1) is 17.4. The van der Waals surface area contributed by atoms with E-state index < -0.39 is 11.0 Å². The number of hydrogen-bond donors (Lipinski definition) is 2. The maximum Gasteiger partial charge on any atom is 0.225 e. The molecule has 1 fully saturated rings. The largest absolute Gasteiger partial charge is 0.445 e. The van der Waals surface area contributed by atoms with E-state index in [2.05, 4.69) is 20.4 Å². The number of aromatic nitrogens is 2. The van der Waals surface area contributed by atoms with Crippen molar-refractivity contribution in [2.45, 2.75) is 76.7 Å². The second-order valence-electron chi connectivity index (χ2n) is 7.84. The van der Waals surface area contributed by atoms with Crippen molar-refractivity contribution < 1.29 is 18.2 Å². The van der Waals surface area contributed by atoms with Gasteiger partial charge in [-0.05, 0) is 45.9 Å². The van der Waals surface area contributed by atoms with Gasteiger partial charge in [-0.25, -0.2) is 18.9 Å². The fourth-order valence-electron chi connectivity index (χ4n) is 3.44. The maximum absolute atomic E-state index is 12.6. The Kier molecular flexibility index (Phi) is 15.8. The van der Waals surface area contributed by atoms with Crippen LogP contribution < -0.4 is 10.5 Å². The normalized spacial score (nSPS) is 13.9. The number of rotatable bonds is 6. The van der Waals surface area contributed by atoms with Crippen LogP contribution in [0.1, 0.15) is 70.7 Å². The molecule has 8 nitrogen and oxygen atoms in total. The molecule has 1 unspecified atom stereocenters. The molecule has 1 saturated carbocycles. The van der Waals surface area contributed by atoms with Gasteiger partial charge in [0, 0.05) is 30.4 Å². The number of oxazole rings is 1. The average Bonchev–Trinajstić information content (AvgIpc) is 3.63. The molecule has 1 aromatic carbocycles. The lowest BCUT2D eigenvalue weighted by atomic mass is 9.90. The number of primary amides is 1. The molecule has 2 heterocycles. The minimum atomic E-state index is -1.31. The van der Waals surface area contributed by atoms with Gasteiger partial charge in [0.2, 0.25) is 12.3 Å². The number of thiazole rings is 1. The third-order valence-corrected chi connectivity index (χ3v) is 7.56. The fourth-order valence-corrected chi connectivity index (χ4v) is 5.46. The number of amides is 1. The molecule has 3 aromatic rings. The van der Waals surface area contributed by atoms with Gasteiger partial charge in [-0.1, -0.05) is 39.2 Å². The number of methoxy groups -OCH3 is 1. The highest BCUT2D eigenvalue weighted by Crippen LogP contribution is 2.39. The summed E-state index contributed by atoms with van der Waals surface area (Å²) in [6.45, 7) is 8.00. The summed E-state index contributed by atoms with van der Waals surface area (Å²) >= 11 is 1.73. The lowest BCUT2D eigenvalue weighted by molar-refractivity contribution is -0.106. The lowest BCUT2D eigenvalue weighted by Crippen LogP contribution is -2.11. The number of carbonyl (C=O) groups excluding carboxylic acids is 1. The topological polar surface area (TPSA) is 120 Å². The zero-order chi connectivity index (χ0) is 26.9. The molecule has 0 bridgehead atoms. The van der Waals surface area contributed by atoms with Crippen molar-refractivity contribution in [1.29, 1.82) is 0 Å². The monoisotopic (exact) mass is 536 g/mol. The van der Waals surface area contributed by atoms with E-state index in [9.17, 15) is 4.21 Å². The predicted octanol–water partition coefficient (Wildman–Crippen LogP) is 5.92. The molecule has 1 amide bonds. The Balaban J connectivity index is 0.000000561. The molecular formula is C26H40N4O4S2. The molecule has 0 aliphatic heterocycles. The van der Waals surface area contributed by atoms with Crippen molar-refractivity contribution >= 4 is 28.7 Å². The lowest BCUT2D eigenvalue weighted by Gasteiger charge is -2.18. The van der Waals surface area contributed by atoms with E-state index in [0.29, 0.717) is 17.9 Å². The molecule has 10 heteroatoms. The molecule has 4 rings (SSSR count). The molecule has 1 aliphatic rings. The van der Waals surface area contributed by atoms with Crippen LogP contribution in [0.25, 0.3) is 21.9 Å². The zero-order valence-corrected chi connectivity index (χ0v) is 23.8. The molecule has 1 atom stereocenters. The summed E-state index contributed by atoms with van der Waals surface area (Å²) in [5.74, 6) is 1.10. The second-order valence-corrected chi connectivity index (χ2v) is 10.3. The molecule has 1 aliphatic carbocycles. The Hall–Kier alpha value is -2.40. The molecule has 2 aromatic heterocycles. The number of nitrogens with two attached hydrogens (primary N) is 1. The Morgan fingerprint density at radius 1 is 1.22 bits per heavy atom. The van der Waals surface area contributed by atoms with Gasteiger partial charge in [-0.3, -0.25) is 4.79 Å². The van der Waals surface area contributed by atoms with Crippen LogP contribution in [-0.2, 0) is 20.5 Å². The highest BCUT2D eigenvalue weighted by atomic mass is 32.2. The highest BCUT2D eigenvalue weighted by Gasteiger charge is 2.21. The summed E-state index contributed by atoms with van der Waals surface area (Å²) in [5.41, 5.74) is 5.93. The Morgan fingerprint density at radius 2 is 1.86 bits per heavy atom. The summed E-state index contributed by atoms with van der Waals surface area (Å²) in [5, 5.41) is 1.21. The van der Waals surface area contributed by atoms with Gasteiger partial charge < -0.3 is 14.9 Å². The van der Waals surface area contributed by atoms with E-state index in [-0.39, 0.29) is 6.41 Å². The number of hydrogen-bond acceptors (Lipinski definition) is 7.